The molecule has 0 spiro atoms. The van der Waals surface area contributed by atoms with Crippen LogP contribution in [0.5, 0.6) is 5.75 Å². The summed E-state index contributed by atoms with van der Waals surface area (Å²) < 4.78 is 10.7. The highest BCUT2D eigenvalue weighted by Crippen LogP contribution is 2.32. The molecule has 3 unspecified atom stereocenters. The average molecular weight is 554 g/mol. The van der Waals surface area contributed by atoms with Gasteiger partial charge in [-0.05, 0) is 89.3 Å². The predicted molar refractivity (Wildman–Crippen MR) is 159 cm³/mol. The molecule has 0 radical (unpaired) electrons. The molecule has 0 heterocycles. The van der Waals surface area contributed by atoms with Gasteiger partial charge in [-0.25, -0.2) is 4.79 Å². The predicted octanol–water partition coefficient (Wildman–Crippen LogP) is 6.50. The van der Waals surface area contributed by atoms with Crippen LogP contribution in [0, 0.1) is 5.92 Å². The maximum Gasteiger partial charge on any atom is 0.408 e. The molecule has 0 aliphatic rings. The molecule has 0 saturated carbocycles. The maximum absolute atomic E-state index is 14.4. The molecule has 0 bridgehead atoms. The van der Waals surface area contributed by atoms with Crippen molar-refractivity contribution in [2.75, 3.05) is 12.4 Å². The van der Waals surface area contributed by atoms with Crippen LogP contribution < -0.4 is 15.4 Å². The summed E-state index contributed by atoms with van der Waals surface area (Å²) in [5.41, 5.74) is 0.873. The molecule has 8 heteroatoms. The lowest BCUT2D eigenvalue weighted by Crippen LogP contribution is -2.59. The zero-order chi connectivity index (χ0) is 30.3. The maximum atomic E-state index is 14.4. The summed E-state index contributed by atoms with van der Waals surface area (Å²) in [6.07, 6.45) is 0.811. The molecule has 0 aromatic heterocycles. The number of ether oxygens (including phenoxy) is 2. The summed E-state index contributed by atoms with van der Waals surface area (Å²) in [6, 6.07) is 12.9. The first-order chi connectivity index (χ1) is 18.6. The van der Waals surface area contributed by atoms with Gasteiger partial charge in [-0.15, -0.1) is 0 Å². The van der Waals surface area contributed by atoms with E-state index in [1.165, 1.54) is 0 Å². The molecule has 2 rings (SSSR count). The lowest BCUT2D eigenvalue weighted by molar-refractivity contribution is -0.147. The van der Waals surface area contributed by atoms with E-state index in [0.29, 0.717) is 23.4 Å². The molecule has 220 valence electrons. The highest BCUT2D eigenvalue weighted by atomic mass is 16.6. The standard InChI is InChI=1S/C32H47N3O5/c1-11-21(3)26(34-30(38)40-32(7,8)9)29(37)35(31(4,5)6)27(23-15-13-22(12-2)14-16-23)28(36)33-24-17-19-25(39-10)20-18-24/h13-21,26-27H,11-12H2,1-10H3,(H,33,36)(H,34,38). The van der Waals surface area contributed by atoms with Crippen LogP contribution in [0.4, 0.5) is 10.5 Å². The van der Waals surface area contributed by atoms with E-state index in [9.17, 15) is 14.4 Å². The fourth-order valence-electron chi connectivity index (χ4n) is 4.35. The summed E-state index contributed by atoms with van der Waals surface area (Å²) in [5, 5.41) is 5.79. The van der Waals surface area contributed by atoms with Crippen molar-refractivity contribution >= 4 is 23.6 Å². The third-order valence-electron chi connectivity index (χ3n) is 6.68. The zero-order valence-corrected chi connectivity index (χ0v) is 25.8. The Morgan fingerprint density at radius 3 is 1.93 bits per heavy atom. The number of anilines is 1. The summed E-state index contributed by atoms with van der Waals surface area (Å²) in [6.45, 7) is 16.9. The number of nitrogens with zero attached hydrogens (tertiary/aromatic N) is 1. The number of alkyl carbamates (subject to hydrolysis) is 1. The van der Waals surface area contributed by atoms with Gasteiger partial charge in [0.25, 0.3) is 5.91 Å². The quantitative estimate of drug-likeness (QED) is 0.350. The Hall–Kier alpha value is -3.55. The van der Waals surface area contributed by atoms with Crippen molar-refractivity contribution < 1.29 is 23.9 Å². The first-order valence-corrected chi connectivity index (χ1v) is 14.0. The number of methoxy groups -OCH3 is 1. The largest absolute Gasteiger partial charge is 0.497 e. The van der Waals surface area contributed by atoms with Crippen LogP contribution in [0.2, 0.25) is 0 Å². The van der Waals surface area contributed by atoms with Gasteiger partial charge in [-0.2, -0.15) is 0 Å². The lowest BCUT2D eigenvalue weighted by Gasteiger charge is -2.43. The van der Waals surface area contributed by atoms with Crippen molar-refractivity contribution in [3.63, 3.8) is 0 Å². The smallest absolute Gasteiger partial charge is 0.408 e. The Kier molecular flexibility index (Phi) is 11.2. The Labute approximate surface area is 239 Å². The second-order valence-electron chi connectivity index (χ2n) is 12.1. The van der Waals surface area contributed by atoms with Crippen LogP contribution >= 0.6 is 0 Å². The van der Waals surface area contributed by atoms with Crippen molar-refractivity contribution in [3.8, 4) is 5.75 Å². The molecule has 0 aliphatic carbocycles. The van der Waals surface area contributed by atoms with Gasteiger partial charge >= 0.3 is 6.09 Å². The Balaban J connectivity index is 2.60. The van der Waals surface area contributed by atoms with E-state index in [1.54, 1.807) is 57.0 Å². The van der Waals surface area contributed by atoms with E-state index in [4.69, 9.17) is 9.47 Å². The van der Waals surface area contributed by atoms with Crippen LogP contribution in [-0.2, 0) is 20.7 Å². The fraction of sp³-hybridized carbons (Fsp3) is 0.531. The van der Waals surface area contributed by atoms with E-state index in [1.807, 2.05) is 58.9 Å². The molecule has 3 amide bonds. The van der Waals surface area contributed by atoms with Crippen molar-refractivity contribution in [1.29, 1.82) is 0 Å². The van der Waals surface area contributed by atoms with E-state index in [-0.39, 0.29) is 17.7 Å². The molecule has 3 atom stereocenters. The molecule has 8 nitrogen and oxygen atoms in total. The summed E-state index contributed by atoms with van der Waals surface area (Å²) in [7, 11) is 1.58. The van der Waals surface area contributed by atoms with Crippen molar-refractivity contribution in [3.05, 3.63) is 59.7 Å². The number of benzene rings is 2. The summed E-state index contributed by atoms with van der Waals surface area (Å²) in [4.78, 5) is 42.9. The van der Waals surface area contributed by atoms with Crippen molar-refractivity contribution in [2.24, 2.45) is 5.92 Å². The Morgan fingerprint density at radius 2 is 1.48 bits per heavy atom. The number of rotatable bonds is 10. The van der Waals surface area contributed by atoms with Gasteiger partial charge in [0.1, 0.15) is 23.4 Å². The minimum atomic E-state index is -0.965. The first kappa shape index (κ1) is 32.7. The Bertz CT molecular complexity index is 1130. The van der Waals surface area contributed by atoms with Crippen LogP contribution in [0.3, 0.4) is 0 Å². The van der Waals surface area contributed by atoms with Gasteiger partial charge in [0.15, 0.2) is 0 Å². The molecule has 2 aromatic carbocycles. The van der Waals surface area contributed by atoms with Crippen molar-refractivity contribution in [1.82, 2.24) is 10.2 Å². The molecular formula is C32H47N3O5. The number of aryl methyl sites for hydroxylation is 1. The van der Waals surface area contributed by atoms with Crippen LogP contribution in [0.25, 0.3) is 0 Å². The van der Waals surface area contributed by atoms with Gasteiger partial charge in [0.05, 0.1) is 7.11 Å². The number of nitrogens with one attached hydrogen (secondary N) is 2. The molecule has 2 aromatic rings. The van der Waals surface area contributed by atoms with Gasteiger partial charge in [-0.1, -0.05) is 51.5 Å². The minimum Gasteiger partial charge on any atom is -0.497 e. The number of carbonyl (C=O) groups excluding carboxylic acids is 3. The average Bonchev–Trinajstić information content (AvgIpc) is 2.88. The topological polar surface area (TPSA) is 97.0 Å². The third kappa shape index (κ3) is 9.00. The van der Waals surface area contributed by atoms with Crippen LogP contribution in [-0.4, -0.2) is 47.1 Å². The minimum absolute atomic E-state index is 0.211. The van der Waals surface area contributed by atoms with Crippen molar-refractivity contribution in [2.45, 2.75) is 98.4 Å². The van der Waals surface area contributed by atoms with Crippen LogP contribution in [0.15, 0.2) is 48.5 Å². The second kappa shape index (κ2) is 13.7. The van der Waals surface area contributed by atoms with E-state index >= 15 is 0 Å². The van der Waals surface area contributed by atoms with E-state index in [0.717, 1.165) is 12.0 Å². The number of amides is 3. The highest BCUT2D eigenvalue weighted by molar-refractivity contribution is 5.99. The normalized spacial score (nSPS) is 13.9. The van der Waals surface area contributed by atoms with Gasteiger partial charge in [-0.3, -0.25) is 9.59 Å². The fourth-order valence-corrected chi connectivity index (χ4v) is 4.35. The highest BCUT2D eigenvalue weighted by Gasteiger charge is 2.43. The lowest BCUT2D eigenvalue weighted by atomic mass is 9.91. The number of hydrogen-bond donors (Lipinski definition) is 2. The molecule has 0 fully saturated rings. The van der Waals surface area contributed by atoms with Gasteiger partial charge < -0.3 is 25.0 Å². The van der Waals surface area contributed by atoms with Gasteiger partial charge in [0.2, 0.25) is 5.91 Å². The number of carbonyl (C=O) groups is 3. The zero-order valence-electron chi connectivity index (χ0n) is 25.8. The first-order valence-electron chi connectivity index (χ1n) is 14.0. The molecule has 40 heavy (non-hydrogen) atoms. The van der Waals surface area contributed by atoms with E-state index < -0.39 is 29.3 Å². The molecule has 0 saturated heterocycles. The Morgan fingerprint density at radius 1 is 0.900 bits per heavy atom. The monoisotopic (exact) mass is 553 g/mol. The van der Waals surface area contributed by atoms with Crippen LogP contribution in [0.1, 0.15) is 85.9 Å². The van der Waals surface area contributed by atoms with E-state index in [2.05, 4.69) is 17.6 Å². The SMILES string of the molecule is CCc1ccc(C(C(=O)Nc2ccc(OC)cc2)N(C(=O)C(NC(=O)OC(C)(C)C)C(C)CC)C(C)(C)C)cc1. The molecular weight excluding hydrogens is 506 g/mol. The van der Waals surface area contributed by atoms with Gasteiger partial charge in [0, 0.05) is 11.2 Å². The summed E-state index contributed by atoms with van der Waals surface area (Å²) >= 11 is 0. The third-order valence-corrected chi connectivity index (χ3v) is 6.68. The summed E-state index contributed by atoms with van der Waals surface area (Å²) in [5.74, 6) is -0.265. The number of hydrogen-bond acceptors (Lipinski definition) is 5. The molecule has 2 N–H and O–H groups in total. The second-order valence-corrected chi connectivity index (χ2v) is 12.1. The molecule has 0 aliphatic heterocycles.